The number of carbonyl (C=O) groups excluding carboxylic acids is 4. The minimum absolute atomic E-state index is 0.0706. The number of carbonyl (C=O) groups is 4. The number of Topliss-reactive ketones (excluding diaryl/α,β-unsaturated/α-hetero) is 2. The van der Waals surface area contributed by atoms with E-state index in [1.165, 1.54) is 75.6 Å². The number of amides is 2. The summed E-state index contributed by atoms with van der Waals surface area (Å²) >= 11 is 0. The van der Waals surface area contributed by atoms with Crippen LogP contribution in [0.4, 0.5) is 22.7 Å². The summed E-state index contributed by atoms with van der Waals surface area (Å²) < 4.78 is 0. The lowest BCUT2D eigenvalue weighted by Gasteiger charge is -2.32. The Kier molecular flexibility index (Phi) is 28.3. The molecule has 4 aromatic carbocycles. The maximum Gasteiger partial charge on any atom is 0.273 e. The number of ketones is 2. The molecule has 18 nitrogen and oxygen atoms in total. The first kappa shape index (κ1) is 71.3. The number of hydrogen-bond acceptors (Lipinski definition) is 14. The number of nitrogens with zero attached hydrogens (tertiary/aromatic N) is 2. The van der Waals surface area contributed by atoms with Gasteiger partial charge in [0.05, 0.1) is 45.4 Å². The fourth-order valence-electron chi connectivity index (χ4n) is 11.2. The third-order valence-corrected chi connectivity index (χ3v) is 16.9. The molecule has 18 heteroatoms. The average Bonchev–Trinajstić information content (AvgIpc) is 0.796. The van der Waals surface area contributed by atoms with E-state index in [0.717, 1.165) is 85.8 Å². The van der Waals surface area contributed by atoms with Gasteiger partial charge in [0.1, 0.15) is 0 Å². The molecule has 0 saturated heterocycles. The van der Waals surface area contributed by atoms with Crippen molar-refractivity contribution in [2.75, 3.05) is 24.6 Å². The van der Waals surface area contributed by atoms with Gasteiger partial charge in [0.2, 0.25) is 0 Å². The zero-order valence-corrected chi connectivity index (χ0v) is 54.1. The van der Waals surface area contributed by atoms with Crippen molar-refractivity contribution in [2.45, 2.75) is 232 Å². The normalized spacial score (nSPS) is 14.3. The molecule has 1 aliphatic rings. The summed E-state index contributed by atoms with van der Waals surface area (Å²) in [5, 5.41) is 30.2. The Balaban J connectivity index is 1.59. The number of anilines is 2. The van der Waals surface area contributed by atoms with Crippen LogP contribution in [0, 0.1) is 20.2 Å². The van der Waals surface area contributed by atoms with Crippen LogP contribution in [-0.4, -0.2) is 58.4 Å². The zero-order valence-electron chi connectivity index (χ0n) is 54.1. The van der Waals surface area contributed by atoms with Gasteiger partial charge in [-0.2, -0.15) is 11.0 Å². The van der Waals surface area contributed by atoms with Gasteiger partial charge in [0.25, 0.3) is 23.2 Å². The van der Waals surface area contributed by atoms with Gasteiger partial charge in [-0.15, -0.1) is 0 Å². The fraction of sp³-hybridized carbons (Fsp3) is 0.543. The lowest BCUT2D eigenvalue weighted by Crippen LogP contribution is -2.48. The van der Waals surface area contributed by atoms with Crippen LogP contribution in [0.1, 0.15) is 232 Å². The number of allylic oxidation sites excluding steroid dienone is 2. The molecule has 0 aromatic heterocycles. The van der Waals surface area contributed by atoms with E-state index < -0.39 is 57.1 Å². The minimum Gasteiger partial charge on any atom is -0.396 e. The average molecular weight is 1210 g/mol. The van der Waals surface area contributed by atoms with Gasteiger partial charge in [-0.3, -0.25) is 39.4 Å². The molecule has 0 saturated carbocycles. The SMILES string of the molecule is CCCCCCCCCCCC(NCC1=C(C(C)c2ccc(C(C)(C)C)cc2)C(=O)C(CNC(CCCCCCCCCCC)C(=O)NOc2cc([N+](=O)[O-])ccc2N)=C(C(C)c2ccc(C(C)(C)C)cc2)C1=O)C(=O)NOc1cc([N+](=O)[O-])ccc1N. The number of nitrogens with two attached hydrogens (primary N) is 2. The van der Waals surface area contributed by atoms with Gasteiger partial charge in [-0.05, 0) is 58.1 Å². The van der Waals surface area contributed by atoms with Crippen molar-refractivity contribution in [3.63, 3.8) is 0 Å². The van der Waals surface area contributed by atoms with Gasteiger partial charge in [-0.1, -0.05) is 233 Å². The van der Waals surface area contributed by atoms with E-state index in [2.05, 4.69) is 77.0 Å². The molecule has 5 rings (SSSR count). The lowest BCUT2D eigenvalue weighted by molar-refractivity contribution is -0.385. The first-order chi connectivity index (χ1) is 41.9. The molecule has 0 heterocycles. The van der Waals surface area contributed by atoms with Crippen molar-refractivity contribution in [2.24, 2.45) is 0 Å². The Labute approximate surface area is 522 Å². The number of non-ortho nitro benzene ring substituents is 2. The Morgan fingerprint density at radius 1 is 0.489 bits per heavy atom. The number of nitrogens with one attached hydrogen (secondary N) is 4. The number of rotatable bonds is 38. The van der Waals surface area contributed by atoms with Crippen molar-refractivity contribution in [1.82, 2.24) is 21.6 Å². The molecule has 4 aromatic rings. The van der Waals surface area contributed by atoms with Crippen LogP contribution in [-0.2, 0) is 30.0 Å². The molecule has 2 amide bonds. The van der Waals surface area contributed by atoms with Crippen molar-refractivity contribution >= 4 is 46.1 Å². The van der Waals surface area contributed by atoms with Crippen LogP contribution >= 0.6 is 0 Å². The summed E-state index contributed by atoms with van der Waals surface area (Å²) in [6, 6.07) is 21.5. The molecule has 8 N–H and O–H groups in total. The highest BCUT2D eigenvalue weighted by molar-refractivity contribution is 6.26. The number of nitrogen functional groups attached to an aromatic ring is 2. The van der Waals surface area contributed by atoms with Crippen LogP contribution < -0.4 is 42.7 Å². The highest BCUT2D eigenvalue weighted by Gasteiger charge is 2.40. The summed E-state index contributed by atoms with van der Waals surface area (Å²) in [6.45, 7) is 20.5. The van der Waals surface area contributed by atoms with E-state index in [1.54, 1.807) is 0 Å². The van der Waals surface area contributed by atoms with Crippen molar-refractivity contribution in [1.29, 1.82) is 0 Å². The predicted octanol–water partition coefficient (Wildman–Crippen LogP) is 14.9. The van der Waals surface area contributed by atoms with Crippen LogP contribution in [0.3, 0.4) is 0 Å². The maximum absolute atomic E-state index is 16.1. The van der Waals surface area contributed by atoms with Crippen LogP contribution in [0.2, 0.25) is 0 Å². The second kappa shape index (κ2) is 34.9. The first-order valence-corrected chi connectivity index (χ1v) is 32.1. The summed E-state index contributed by atoms with van der Waals surface area (Å²) in [6.07, 6.45) is 19.4. The second-order valence-electron chi connectivity index (χ2n) is 25.8. The Bertz CT molecular complexity index is 2830. The number of unbranched alkanes of at least 4 members (excludes halogenated alkanes) is 16. The molecule has 0 radical (unpaired) electrons. The van der Waals surface area contributed by atoms with E-state index in [0.29, 0.717) is 25.7 Å². The highest BCUT2D eigenvalue weighted by atomic mass is 16.7. The maximum atomic E-state index is 16.1. The predicted molar refractivity (Wildman–Crippen MR) is 351 cm³/mol. The molecule has 4 atom stereocenters. The Morgan fingerprint density at radius 2 is 0.795 bits per heavy atom. The van der Waals surface area contributed by atoms with E-state index in [-0.39, 0.29) is 80.5 Å². The molecule has 0 bridgehead atoms. The van der Waals surface area contributed by atoms with Crippen molar-refractivity contribution in [3.8, 4) is 11.5 Å². The van der Waals surface area contributed by atoms with E-state index in [1.807, 2.05) is 62.4 Å². The highest BCUT2D eigenvalue weighted by Crippen LogP contribution is 2.41. The molecule has 1 aliphatic carbocycles. The molecule has 480 valence electrons. The molecule has 4 unspecified atom stereocenters. The Morgan fingerprint density at radius 3 is 1.09 bits per heavy atom. The molecule has 0 aliphatic heterocycles. The lowest BCUT2D eigenvalue weighted by atomic mass is 9.72. The van der Waals surface area contributed by atoms with Crippen LogP contribution in [0.25, 0.3) is 0 Å². The topological polar surface area (TPSA) is 273 Å². The largest absolute Gasteiger partial charge is 0.396 e. The number of nitro benzene ring substituents is 2. The second-order valence-corrected chi connectivity index (χ2v) is 25.8. The molecule has 88 heavy (non-hydrogen) atoms. The third-order valence-electron chi connectivity index (χ3n) is 16.9. The third kappa shape index (κ3) is 21.4. The van der Waals surface area contributed by atoms with E-state index >= 15 is 9.59 Å². The van der Waals surface area contributed by atoms with Crippen molar-refractivity contribution in [3.05, 3.63) is 150 Å². The van der Waals surface area contributed by atoms with Crippen LogP contribution in [0.15, 0.2) is 107 Å². The van der Waals surface area contributed by atoms with Crippen molar-refractivity contribution < 1.29 is 38.7 Å². The number of benzene rings is 4. The van der Waals surface area contributed by atoms with Gasteiger partial charge < -0.3 is 31.8 Å². The standard InChI is InChI=1S/C70H100N8O10/c1-11-13-15-17-19-21-23-25-27-29-59(67(81)75-87-61-43-53(77(83)84)39-41-57(61)71)73-45-55-63(47(3)49-31-35-51(36-32-49)69(5,6)7)66(80)56(64(65(55)79)48(4)50-33-37-52(38-34-50)70(8,9)10)46-74-60(30-28-26-24-22-20-18-16-14-12-2)68(82)76-88-62-44-54(78(85)86)40-42-58(62)72/h31-44,47-48,59-60,73-74H,11-30,45-46,71-72H2,1-10H3,(H,75,81)(H,76,82). The van der Waals surface area contributed by atoms with E-state index in [9.17, 15) is 29.8 Å². The number of hydroxylamine groups is 2. The van der Waals surface area contributed by atoms with Gasteiger partial charge in [0, 0.05) is 59.4 Å². The van der Waals surface area contributed by atoms with Gasteiger partial charge >= 0.3 is 0 Å². The monoisotopic (exact) mass is 1210 g/mol. The molecule has 0 spiro atoms. The Hall–Kier alpha value is -7.44. The van der Waals surface area contributed by atoms with Crippen LogP contribution in [0.5, 0.6) is 11.5 Å². The summed E-state index contributed by atoms with van der Waals surface area (Å²) in [5.41, 5.74) is 21.1. The molecular formula is C70H100N8O10. The summed E-state index contributed by atoms with van der Waals surface area (Å²) in [5.74, 6) is -3.49. The molecular weight excluding hydrogens is 1110 g/mol. The number of nitro groups is 2. The first-order valence-electron chi connectivity index (χ1n) is 32.1. The smallest absolute Gasteiger partial charge is 0.273 e. The van der Waals surface area contributed by atoms with Gasteiger partial charge in [-0.25, -0.2) is 0 Å². The van der Waals surface area contributed by atoms with E-state index in [4.69, 9.17) is 21.1 Å². The van der Waals surface area contributed by atoms with Gasteiger partial charge in [0.15, 0.2) is 23.1 Å². The summed E-state index contributed by atoms with van der Waals surface area (Å²) in [4.78, 5) is 94.6. The summed E-state index contributed by atoms with van der Waals surface area (Å²) in [7, 11) is 0. The zero-order chi connectivity index (χ0) is 64.6. The minimum atomic E-state index is -0.958. The quantitative estimate of drug-likeness (QED) is 0.00801. The molecule has 0 fully saturated rings. The number of hydrogen-bond donors (Lipinski definition) is 6. The fourth-order valence-corrected chi connectivity index (χ4v) is 11.2.